The fourth-order valence-corrected chi connectivity index (χ4v) is 4.57. The molecule has 3 aromatic rings. The van der Waals surface area contributed by atoms with Crippen molar-refractivity contribution in [3.63, 3.8) is 0 Å². The molecule has 40 heavy (non-hydrogen) atoms. The molecule has 1 aliphatic carbocycles. The Labute approximate surface area is 239 Å². The molecular formula is C28H37ClN8O3. The first-order chi connectivity index (χ1) is 19.6. The maximum atomic E-state index is 6.38. The molecule has 0 unspecified atom stereocenters. The number of nitrogens with one attached hydrogen (secondary N) is 1. The molecule has 1 fully saturated rings. The van der Waals surface area contributed by atoms with E-state index in [9.17, 15) is 0 Å². The van der Waals surface area contributed by atoms with E-state index in [1.54, 1.807) is 18.5 Å². The molecule has 0 saturated heterocycles. The summed E-state index contributed by atoms with van der Waals surface area (Å²) >= 11 is 6.38. The van der Waals surface area contributed by atoms with Crippen molar-refractivity contribution >= 4 is 35.9 Å². The van der Waals surface area contributed by atoms with Crippen molar-refractivity contribution in [2.24, 2.45) is 15.7 Å². The molecule has 0 radical (unpaired) electrons. The number of nitrogens with two attached hydrogens (primary N) is 1. The molecule has 1 atom stereocenters. The Morgan fingerprint density at radius 2 is 1.98 bits per heavy atom. The zero-order chi connectivity index (χ0) is 28.2. The van der Waals surface area contributed by atoms with Crippen LogP contribution in [0.2, 0.25) is 5.02 Å². The molecule has 0 aliphatic heterocycles. The van der Waals surface area contributed by atoms with Gasteiger partial charge in [-0.15, -0.1) is 5.10 Å². The van der Waals surface area contributed by atoms with Crippen LogP contribution in [0.3, 0.4) is 0 Å². The van der Waals surface area contributed by atoms with Gasteiger partial charge in [-0.25, -0.2) is 15.0 Å². The van der Waals surface area contributed by atoms with Gasteiger partial charge in [0, 0.05) is 24.6 Å². The van der Waals surface area contributed by atoms with Crippen molar-refractivity contribution in [2.45, 2.75) is 58.1 Å². The summed E-state index contributed by atoms with van der Waals surface area (Å²) in [7, 11) is 0. The summed E-state index contributed by atoms with van der Waals surface area (Å²) in [6.45, 7) is 5.83. The van der Waals surface area contributed by atoms with Gasteiger partial charge in [0.25, 0.3) is 5.88 Å². The molecule has 0 amide bonds. The molecule has 4 rings (SSSR count). The van der Waals surface area contributed by atoms with Gasteiger partial charge in [0.1, 0.15) is 30.5 Å². The van der Waals surface area contributed by atoms with Gasteiger partial charge >= 0.3 is 0 Å². The Balaban J connectivity index is 1.45. The monoisotopic (exact) mass is 568 g/mol. The maximum Gasteiger partial charge on any atom is 0.257 e. The number of aromatic nitrogens is 4. The van der Waals surface area contributed by atoms with E-state index in [2.05, 4.69) is 25.3 Å². The minimum atomic E-state index is -0.209. The zero-order valence-electron chi connectivity index (χ0n) is 23.0. The summed E-state index contributed by atoms with van der Waals surface area (Å²) in [6.07, 6.45) is 13.8. The SMILES string of the molecule is CCOCCOc1nn(C2CCCCC2)cc1Nc1ncc(-c2ccc(Cl)c(O[C@@H](C)CN=CN=CN)c2)cn1. The number of hydrogen-bond donors (Lipinski definition) is 2. The van der Waals surface area contributed by atoms with Gasteiger partial charge in [-0.2, -0.15) is 0 Å². The van der Waals surface area contributed by atoms with Crippen LogP contribution in [0, 0.1) is 0 Å². The average Bonchev–Trinajstić information content (AvgIpc) is 3.38. The van der Waals surface area contributed by atoms with Gasteiger partial charge in [-0.05, 0) is 44.4 Å². The summed E-state index contributed by atoms with van der Waals surface area (Å²) in [4.78, 5) is 17.0. The second kappa shape index (κ2) is 15.2. The summed E-state index contributed by atoms with van der Waals surface area (Å²) in [5.41, 5.74) is 7.63. The van der Waals surface area contributed by atoms with Gasteiger partial charge in [-0.1, -0.05) is 36.9 Å². The van der Waals surface area contributed by atoms with E-state index in [1.165, 1.54) is 31.9 Å². The highest BCUT2D eigenvalue weighted by molar-refractivity contribution is 6.32. The Hall–Kier alpha value is -3.70. The third-order valence-electron chi connectivity index (χ3n) is 6.41. The highest BCUT2D eigenvalue weighted by Crippen LogP contribution is 2.34. The first-order valence-corrected chi connectivity index (χ1v) is 14.0. The third-order valence-corrected chi connectivity index (χ3v) is 6.72. The van der Waals surface area contributed by atoms with Gasteiger partial charge < -0.3 is 25.3 Å². The number of aliphatic imine (C=N–C) groups is 2. The predicted molar refractivity (Wildman–Crippen MR) is 158 cm³/mol. The zero-order valence-corrected chi connectivity index (χ0v) is 23.8. The topological polar surface area (TPSA) is 134 Å². The lowest BCUT2D eigenvalue weighted by Gasteiger charge is -2.21. The van der Waals surface area contributed by atoms with Crippen LogP contribution in [0.25, 0.3) is 11.1 Å². The Kier molecular flexibility index (Phi) is 11.1. The molecule has 214 valence electrons. The summed E-state index contributed by atoms with van der Waals surface area (Å²) in [5, 5.41) is 8.52. The normalized spacial score (nSPS) is 15.1. The molecule has 2 heterocycles. The average molecular weight is 569 g/mol. The third kappa shape index (κ3) is 8.40. The number of halogens is 1. The van der Waals surface area contributed by atoms with Crippen LogP contribution in [-0.4, -0.2) is 64.9 Å². The van der Waals surface area contributed by atoms with Crippen molar-refractivity contribution in [1.29, 1.82) is 0 Å². The standard InChI is InChI=1S/C28H37ClN8O3/c1-3-38-11-12-39-27-25(17-37(36-27)23-7-5-4-6-8-23)35-28-33-15-22(16-34-28)21-9-10-24(29)26(13-21)40-20(2)14-31-19-32-18-30/h9-10,13,15-20,23H,3-8,11-12,14H2,1-2H3,(H2,30,31,32)(H,33,34,35)/t20-/m0/s1. The van der Waals surface area contributed by atoms with Crippen LogP contribution in [0.1, 0.15) is 52.0 Å². The number of nitrogens with zero attached hydrogens (tertiary/aromatic N) is 6. The van der Waals surface area contributed by atoms with Crippen LogP contribution in [0.5, 0.6) is 11.6 Å². The van der Waals surface area contributed by atoms with E-state index in [-0.39, 0.29) is 6.10 Å². The van der Waals surface area contributed by atoms with Crippen LogP contribution >= 0.6 is 11.6 Å². The molecule has 11 nitrogen and oxygen atoms in total. The second-order valence-electron chi connectivity index (χ2n) is 9.44. The van der Waals surface area contributed by atoms with Gasteiger partial charge in [0.15, 0.2) is 0 Å². The first kappa shape index (κ1) is 29.3. The Morgan fingerprint density at radius 3 is 2.73 bits per heavy atom. The summed E-state index contributed by atoms with van der Waals surface area (Å²) in [5.74, 6) is 1.51. The van der Waals surface area contributed by atoms with Crippen LogP contribution in [0.15, 0.2) is 46.8 Å². The van der Waals surface area contributed by atoms with Crippen molar-refractivity contribution in [2.75, 3.05) is 31.7 Å². The van der Waals surface area contributed by atoms with Crippen molar-refractivity contribution in [3.8, 4) is 22.8 Å². The van der Waals surface area contributed by atoms with Gasteiger partial charge in [0.05, 0.1) is 36.8 Å². The molecule has 0 bridgehead atoms. The van der Waals surface area contributed by atoms with Gasteiger partial charge in [0.2, 0.25) is 5.95 Å². The fraction of sp³-hybridized carbons (Fsp3) is 0.464. The number of ether oxygens (including phenoxy) is 3. The number of anilines is 2. The summed E-state index contributed by atoms with van der Waals surface area (Å²) in [6, 6.07) is 5.93. The van der Waals surface area contributed by atoms with Crippen LogP contribution in [-0.2, 0) is 4.74 Å². The highest BCUT2D eigenvalue weighted by atomic mass is 35.5. The number of hydrogen-bond acceptors (Lipinski definition) is 8. The van der Waals surface area contributed by atoms with Crippen LogP contribution in [0.4, 0.5) is 11.6 Å². The van der Waals surface area contributed by atoms with Crippen LogP contribution < -0.4 is 20.5 Å². The van der Waals surface area contributed by atoms with E-state index in [0.717, 1.165) is 29.7 Å². The lowest BCUT2D eigenvalue weighted by molar-refractivity contribution is 0.108. The molecule has 1 saturated carbocycles. The molecule has 3 N–H and O–H groups in total. The van der Waals surface area contributed by atoms with E-state index < -0.39 is 0 Å². The first-order valence-electron chi connectivity index (χ1n) is 13.6. The van der Waals surface area contributed by atoms with Crippen molar-refractivity contribution < 1.29 is 14.2 Å². The van der Waals surface area contributed by atoms with Gasteiger partial charge in [-0.3, -0.25) is 9.67 Å². The maximum absolute atomic E-state index is 6.38. The molecule has 12 heteroatoms. The predicted octanol–water partition coefficient (Wildman–Crippen LogP) is 5.44. The van der Waals surface area contributed by atoms with E-state index >= 15 is 0 Å². The van der Waals surface area contributed by atoms with Crippen molar-refractivity contribution in [3.05, 3.63) is 41.8 Å². The minimum absolute atomic E-state index is 0.209. The largest absolute Gasteiger partial charge is 0.487 e. The fourth-order valence-electron chi connectivity index (χ4n) is 4.41. The van der Waals surface area contributed by atoms with E-state index in [0.29, 0.717) is 55.0 Å². The molecule has 2 aromatic heterocycles. The molecule has 1 aliphatic rings. The van der Waals surface area contributed by atoms with Crippen molar-refractivity contribution in [1.82, 2.24) is 19.7 Å². The summed E-state index contributed by atoms with van der Waals surface area (Å²) < 4.78 is 19.4. The minimum Gasteiger partial charge on any atom is -0.487 e. The number of rotatable bonds is 14. The van der Waals surface area contributed by atoms with E-state index in [1.807, 2.05) is 36.9 Å². The smallest absolute Gasteiger partial charge is 0.257 e. The lowest BCUT2D eigenvalue weighted by Crippen LogP contribution is -2.15. The second-order valence-corrected chi connectivity index (χ2v) is 9.85. The Bertz CT molecular complexity index is 1260. The number of benzene rings is 1. The molecule has 1 aromatic carbocycles. The quantitative estimate of drug-likeness (QED) is 0.149. The lowest BCUT2D eigenvalue weighted by atomic mass is 9.96. The molecular weight excluding hydrogens is 532 g/mol. The Morgan fingerprint density at radius 1 is 1.18 bits per heavy atom. The van der Waals surface area contributed by atoms with E-state index in [4.69, 9.17) is 36.6 Å². The highest BCUT2D eigenvalue weighted by Gasteiger charge is 2.20. The molecule has 0 spiro atoms.